The molecule has 12 heteroatoms. The quantitative estimate of drug-likeness (QED) is 0.239. The Labute approximate surface area is 252 Å². The fraction of sp³-hybridized carbons (Fsp3) is 0.645. The maximum atomic E-state index is 13.8. The molecule has 12 nitrogen and oxygen atoms in total. The molecule has 1 aromatic rings. The average molecular weight is 598 g/mol. The molecule has 234 valence electrons. The first-order chi connectivity index (χ1) is 20.6. The van der Waals surface area contributed by atoms with E-state index in [4.69, 9.17) is 9.47 Å². The lowest BCUT2D eigenvalue weighted by Crippen LogP contribution is -2.57. The zero-order valence-electron chi connectivity index (χ0n) is 25.0. The zero-order chi connectivity index (χ0) is 30.6. The van der Waals surface area contributed by atoms with Crippen LogP contribution in [0.1, 0.15) is 57.1 Å². The fourth-order valence-corrected chi connectivity index (χ4v) is 6.17. The number of rotatable bonds is 13. The summed E-state index contributed by atoms with van der Waals surface area (Å²) >= 11 is 0. The Morgan fingerprint density at radius 2 is 1.74 bits per heavy atom. The summed E-state index contributed by atoms with van der Waals surface area (Å²) < 4.78 is 10.7. The van der Waals surface area contributed by atoms with Crippen molar-refractivity contribution in [1.29, 1.82) is 0 Å². The molecular weight excluding hydrogens is 554 g/mol. The highest BCUT2D eigenvalue weighted by molar-refractivity contribution is 6.00. The summed E-state index contributed by atoms with van der Waals surface area (Å²) in [7, 11) is 0. The van der Waals surface area contributed by atoms with Gasteiger partial charge in [0.05, 0.1) is 38.8 Å². The SMILES string of the molecule is C[C@H](NC(=O)CN1CCOCC1)C(=O)N[C@@H](Cc1ccc2c(c1)CC(=O)N2)C(=O)N[C@@H](CC1CCCC1)C(=O)[C@@]1(C)CO1. The number of fused-ring (bicyclic) bond motifs is 1. The number of ether oxygens (including phenoxy) is 2. The molecule has 0 aromatic heterocycles. The largest absolute Gasteiger partial charge is 0.379 e. The highest BCUT2D eigenvalue weighted by Crippen LogP contribution is 2.33. The molecule has 4 aliphatic rings. The number of ketones is 1. The van der Waals surface area contributed by atoms with Crippen molar-refractivity contribution in [3.63, 3.8) is 0 Å². The highest BCUT2D eigenvalue weighted by Gasteiger charge is 2.50. The Hall–Kier alpha value is -3.35. The molecule has 43 heavy (non-hydrogen) atoms. The molecular formula is C31H43N5O7. The lowest BCUT2D eigenvalue weighted by atomic mass is 9.90. The third-order valence-electron chi connectivity index (χ3n) is 8.88. The molecule has 2 saturated heterocycles. The first kappa shape index (κ1) is 31.1. The van der Waals surface area contributed by atoms with Gasteiger partial charge in [0, 0.05) is 25.2 Å². The van der Waals surface area contributed by atoms with Gasteiger partial charge in [-0.3, -0.25) is 28.9 Å². The van der Waals surface area contributed by atoms with E-state index in [1.807, 2.05) is 17.0 Å². The number of morpholine rings is 1. The summed E-state index contributed by atoms with van der Waals surface area (Å²) in [4.78, 5) is 66.9. The third-order valence-corrected chi connectivity index (χ3v) is 8.88. The number of epoxide rings is 1. The summed E-state index contributed by atoms with van der Waals surface area (Å²) in [5.74, 6) is -1.18. The molecule has 1 aromatic carbocycles. The summed E-state index contributed by atoms with van der Waals surface area (Å²) in [6, 6.07) is 2.83. The molecule has 5 rings (SSSR count). The summed E-state index contributed by atoms with van der Waals surface area (Å²) in [5, 5.41) is 11.3. The molecule has 0 spiro atoms. The van der Waals surface area contributed by atoms with Gasteiger partial charge in [-0.1, -0.05) is 37.8 Å². The standard InChI is InChI=1S/C31H43N5O7/c1-19(32-27(38)17-36-9-11-42-12-10-36)29(40)35-25(15-21-7-8-23-22(13-21)16-26(37)33-23)30(41)34-24(14-20-5-3-4-6-20)28(39)31(2)18-43-31/h7-8,13,19-20,24-25H,3-6,9-12,14-18H2,1-2H3,(H,32,38)(H,33,37)(H,34,41)(H,35,40)/t19-,24-,25-,31+/m0/s1. The van der Waals surface area contributed by atoms with Gasteiger partial charge in [0.1, 0.15) is 17.7 Å². The minimum absolute atomic E-state index is 0.0968. The van der Waals surface area contributed by atoms with Gasteiger partial charge in [0.25, 0.3) is 0 Å². The molecule has 0 bridgehead atoms. The monoisotopic (exact) mass is 597 g/mol. The van der Waals surface area contributed by atoms with Crippen molar-refractivity contribution in [3.8, 4) is 0 Å². The van der Waals surface area contributed by atoms with E-state index in [0.717, 1.165) is 42.5 Å². The molecule has 1 aliphatic carbocycles. The number of benzene rings is 1. The average Bonchev–Trinajstić information content (AvgIpc) is 3.34. The second-order valence-corrected chi connectivity index (χ2v) is 12.5. The van der Waals surface area contributed by atoms with Crippen LogP contribution in [0.4, 0.5) is 5.69 Å². The van der Waals surface area contributed by atoms with Crippen molar-refractivity contribution in [3.05, 3.63) is 29.3 Å². The Morgan fingerprint density at radius 3 is 2.44 bits per heavy atom. The van der Waals surface area contributed by atoms with Gasteiger partial charge in [0.15, 0.2) is 5.78 Å². The van der Waals surface area contributed by atoms with Crippen molar-refractivity contribution in [2.75, 3.05) is 44.8 Å². The number of nitrogens with zero attached hydrogens (tertiary/aromatic N) is 1. The molecule has 3 heterocycles. The van der Waals surface area contributed by atoms with Crippen LogP contribution in [0.3, 0.4) is 0 Å². The predicted octanol–water partition coefficient (Wildman–Crippen LogP) is 0.469. The number of nitrogens with one attached hydrogen (secondary N) is 4. The van der Waals surface area contributed by atoms with Gasteiger partial charge in [-0.2, -0.15) is 0 Å². The van der Waals surface area contributed by atoms with E-state index < -0.39 is 35.5 Å². The number of hydrogen-bond donors (Lipinski definition) is 4. The maximum absolute atomic E-state index is 13.8. The van der Waals surface area contributed by atoms with Crippen LogP contribution < -0.4 is 21.3 Å². The van der Waals surface area contributed by atoms with Crippen molar-refractivity contribution in [1.82, 2.24) is 20.9 Å². The molecule has 0 unspecified atom stereocenters. The van der Waals surface area contributed by atoms with Crippen molar-refractivity contribution < 1.29 is 33.4 Å². The van der Waals surface area contributed by atoms with E-state index in [1.54, 1.807) is 19.9 Å². The smallest absolute Gasteiger partial charge is 0.243 e. The second kappa shape index (κ2) is 13.5. The first-order valence-electron chi connectivity index (χ1n) is 15.4. The van der Waals surface area contributed by atoms with Gasteiger partial charge in [-0.15, -0.1) is 0 Å². The van der Waals surface area contributed by atoms with E-state index in [-0.39, 0.29) is 37.0 Å². The van der Waals surface area contributed by atoms with Crippen LogP contribution in [0.15, 0.2) is 18.2 Å². The number of anilines is 1. The Bertz CT molecular complexity index is 1240. The number of carbonyl (C=O) groups excluding carboxylic acids is 5. The number of hydrogen-bond acceptors (Lipinski definition) is 8. The van der Waals surface area contributed by atoms with E-state index in [2.05, 4.69) is 21.3 Å². The second-order valence-electron chi connectivity index (χ2n) is 12.5. The zero-order valence-corrected chi connectivity index (χ0v) is 25.0. The molecule has 3 fully saturated rings. The molecule has 1 saturated carbocycles. The van der Waals surface area contributed by atoms with Gasteiger partial charge >= 0.3 is 0 Å². The summed E-state index contributed by atoms with van der Waals surface area (Å²) in [6.07, 6.45) is 5.17. The van der Waals surface area contributed by atoms with Crippen LogP contribution >= 0.6 is 0 Å². The molecule has 4 atom stereocenters. The molecule has 3 aliphatic heterocycles. The van der Waals surface area contributed by atoms with E-state index in [0.29, 0.717) is 45.2 Å². The van der Waals surface area contributed by atoms with Crippen LogP contribution in [0, 0.1) is 5.92 Å². The van der Waals surface area contributed by atoms with Gasteiger partial charge < -0.3 is 30.7 Å². The van der Waals surface area contributed by atoms with Crippen molar-refractivity contribution in [2.45, 2.75) is 82.5 Å². The topological polar surface area (TPSA) is 158 Å². The molecule has 4 N–H and O–H groups in total. The normalized spacial score (nSPS) is 23.9. The van der Waals surface area contributed by atoms with Gasteiger partial charge in [-0.05, 0) is 43.4 Å². The molecule has 0 radical (unpaired) electrons. The first-order valence-corrected chi connectivity index (χ1v) is 15.4. The van der Waals surface area contributed by atoms with Gasteiger partial charge in [0.2, 0.25) is 23.6 Å². The summed E-state index contributed by atoms with van der Waals surface area (Å²) in [6.45, 7) is 6.19. The number of Topliss-reactive ketones (excluding diaryl/α,β-unsaturated/α-hetero) is 1. The number of amides is 4. The van der Waals surface area contributed by atoms with Crippen LogP contribution in [0.2, 0.25) is 0 Å². The summed E-state index contributed by atoms with van der Waals surface area (Å²) in [5.41, 5.74) is 1.42. The molecule has 4 amide bonds. The van der Waals surface area contributed by atoms with E-state index >= 15 is 0 Å². The lowest BCUT2D eigenvalue weighted by molar-refractivity contribution is -0.134. The maximum Gasteiger partial charge on any atom is 0.243 e. The minimum Gasteiger partial charge on any atom is -0.379 e. The van der Waals surface area contributed by atoms with Crippen LogP contribution in [0.5, 0.6) is 0 Å². The Morgan fingerprint density at radius 1 is 1.05 bits per heavy atom. The fourth-order valence-electron chi connectivity index (χ4n) is 6.17. The van der Waals surface area contributed by atoms with E-state index in [9.17, 15) is 24.0 Å². The van der Waals surface area contributed by atoms with Crippen LogP contribution in [-0.2, 0) is 46.3 Å². The van der Waals surface area contributed by atoms with Crippen LogP contribution in [0.25, 0.3) is 0 Å². The third kappa shape index (κ3) is 8.18. The number of carbonyl (C=O) groups is 5. The Balaban J connectivity index is 1.28. The predicted molar refractivity (Wildman–Crippen MR) is 157 cm³/mol. The van der Waals surface area contributed by atoms with Crippen LogP contribution in [-0.4, -0.2) is 97.5 Å². The minimum atomic E-state index is -1.01. The van der Waals surface area contributed by atoms with Gasteiger partial charge in [-0.25, -0.2) is 0 Å². The highest BCUT2D eigenvalue weighted by atomic mass is 16.6. The van der Waals surface area contributed by atoms with Crippen molar-refractivity contribution in [2.24, 2.45) is 5.92 Å². The van der Waals surface area contributed by atoms with E-state index in [1.165, 1.54) is 0 Å². The van der Waals surface area contributed by atoms with Crippen molar-refractivity contribution >= 4 is 35.1 Å². The Kier molecular flexibility index (Phi) is 9.78. The lowest BCUT2D eigenvalue weighted by Gasteiger charge is -2.27.